The van der Waals surface area contributed by atoms with Gasteiger partial charge in [-0.1, -0.05) is 71.5 Å². The first-order chi connectivity index (χ1) is 24.3. The summed E-state index contributed by atoms with van der Waals surface area (Å²) in [5, 5.41) is 66.2. The van der Waals surface area contributed by atoms with Crippen molar-refractivity contribution in [2.75, 3.05) is 0 Å². The van der Waals surface area contributed by atoms with E-state index in [9.17, 15) is 59.3 Å². The number of benzene rings is 6. The summed E-state index contributed by atoms with van der Waals surface area (Å²) >= 11 is 0. The van der Waals surface area contributed by atoms with Crippen LogP contribution in [0, 0.1) is 0 Å². The third-order valence-corrected chi connectivity index (χ3v) is 10.0. The van der Waals surface area contributed by atoms with Crippen LogP contribution >= 0.6 is 0 Å². The fourth-order valence-corrected chi connectivity index (χ4v) is 6.66. The Hall–Kier alpha value is -1.99. The molecule has 57 heavy (non-hydrogen) atoms. The van der Waals surface area contributed by atoms with Gasteiger partial charge in [0.25, 0.3) is 0 Å². The number of rotatable bonds is 8. The van der Waals surface area contributed by atoms with E-state index in [-0.39, 0.29) is 173 Å². The average molecular weight is 956 g/mol. The second kappa shape index (κ2) is 20.5. The van der Waals surface area contributed by atoms with Crippen molar-refractivity contribution in [3.8, 4) is 34.1 Å². The Morgan fingerprint density at radius 1 is 0.421 bits per heavy atom. The van der Waals surface area contributed by atoms with E-state index in [1.807, 2.05) is 0 Å². The van der Waals surface area contributed by atoms with E-state index in [1.165, 1.54) is 36.4 Å². The summed E-state index contributed by atoms with van der Waals surface area (Å²) in [6, 6.07) is 16.3. The molecule has 0 saturated carbocycles. The van der Waals surface area contributed by atoms with Crippen LogP contribution in [0.1, 0.15) is 0 Å². The largest absolute Gasteiger partial charge is 2.00 e. The molecule has 0 amide bonds. The smallest absolute Gasteiger partial charge is 0.871 e. The maximum atomic E-state index is 12.9. The van der Waals surface area contributed by atoms with Crippen LogP contribution in [0.3, 0.4) is 0 Å². The Bertz CT molecular complexity index is 2910. The van der Waals surface area contributed by atoms with E-state index in [1.54, 1.807) is 0 Å². The van der Waals surface area contributed by atoms with Gasteiger partial charge in [-0.3, -0.25) is 0 Å². The van der Waals surface area contributed by atoms with Crippen molar-refractivity contribution < 1.29 is 182 Å². The van der Waals surface area contributed by atoms with E-state index >= 15 is 0 Å². The Morgan fingerprint density at radius 3 is 1.30 bits per heavy atom. The van der Waals surface area contributed by atoms with Crippen LogP contribution in [0.4, 0.5) is 22.7 Å². The number of hydrogen-bond donors (Lipinski definition) is 0. The molecule has 6 aromatic carbocycles. The minimum absolute atomic E-state index is 0. The monoisotopic (exact) mass is 954 g/mol. The molecule has 0 aliphatic carbocycles. The van der Waals surface area contributed by atoms with E-state index in [0.29, 0.717) is 6.07 Å². The molecule has 6 rings (SSSR count). The molecule has 17 nitrogen and oxygen atoms in total. The molecule has 2 radical (unpaired) electrons. The predicted molar refractivity (Wildman–Crippen MR) is 170 cm³/mol. The molecule has 25 heteroatoms. The van der Waals surface area contributed by atoms with Crippen molar-refractivity contribution in [2.24, 2.45) is 20.5 Å². The Balaban J connectivity index is 0.00000325. The van der Waals surface area contributed by atoms with Crippen molar-refractivity contribution in [1.29, 1.82) is 0 Å². The van der Waals surface area contributed by atoms with Crippen molar-refractivity contribution in [1.82, 2.24) is 0 Å². The van der Waals surface area contributed by atoms with Gasteiger partial charge in [0.05, 0.1) is 32.5 Å². The first kappa shape index (κ1) is 53.0. The van der Waals surface area contributed by atoms with E-state index in [2.05, 4.69) is 20.5 Å². The summed E-state index contributed by atoms with van der Waals surface area (Å²) in [6.07, 6.45) is 0. The molecule has 0 saturated heterocycles. The minimum Gasteiger partial charge on any atom is -0.871 e. The molecule has 0 aliphatic rings. The molecule has 0 N–H and O–H groups in total. The van der Waals surface area contributed by atoms with Crippen LogP contribution in [0.2, 0.25) is 0 Å². The third-order valence-electron chi connectivity index (χ3n) is 7.54. The van der Waals surface area contributed by atoms with Gasteiger partial charge in [-0.25, -0.2) is 25.3 Å². The van der Waals surface area contributed by atoms with Gasteiger partial charge in [0.1, 0.15) is 30.4 Å². The standard InChI is InChI=1S/C32H22N4O13S3.2Cu.3Na/c37-26-10-3-18-11-20(50(41,42)43)4-6-22(18)30(26)35-33-24-8-1-16(13-27(24)38)17-2-9-25(28(39)14-17)34-36-31-23-7-5-21(51(44,45)46)12-19(23)15-29(32(31)40)52(47,48)49;;;;;/h1-15,37-40H,(H,41,42,43)(H,44,45,46)(H,47,48,49);;;;;/q;2*+2;3*+1/p-7. The van der Waals surface area contributed by atoms with E-state index < -0.39 is 73.7 Å². The zero-order chi connectivity index (χ0) is 37.7. The molecule has 0 bridgehead atoms. The normalized spacial score (nSPS) is 11.6. The van der Waals surface area contributed by atoms with Crippen LogP contribution in [0.5, 0.6) is 23.0 Å². The second-order valence-corrected chi connectivity index (χ2v) is 15.0. The molecular formula is C32H15Cu2N4Na3O13S3. The minimum atomic E-state index is -5.40. The number of fused-ring (bicyclic) bond motifs is 2. The topological polar surface area (TPSA) is 313 Å². The van der Waals surface area contributed by atoms with Crippen molar-refractivity contribution in [3.05, 3.63) is 91.0 Å². The Kier molecular flexibility index (Phi) is 19.1. The summed E-state index contributed by atoms with van der Waals surface area (Å²) < 4.78 is 104. The van der Waals surface area contributed by atoms with Crippen molar-refractivity contribution in [2.45, 2.75) is 14.7 Å². The van der Waals surface area contributed by atoms with E-state index in [0.717, 1.165) is 48.5 Å². The fourth-order valence-electron chi connectivity index (χ4n) is 5.05. The molecular weight excluding hydrogens is 941 g/mol. The first-order valence-corrected chi connectivity index (χ1v) is 18.4. The van der Waals surface area contributed by atoms with Gasteiger partial charge in [0, 0.05) is 15.7 Å². The molecule has 0 heterocycles. The maximum Gasteiger partial charge on any atom is 2.00 e. The van der Waals surface area contributed by atoms with Gasteiger partial charge in [-0.2, -0.15) is 20.5 Å². The molecule has 284 valence electrons. The summed E-state index contributed by atoms with van der Waals surface area (Å²) in [6.45, 7) is 0. The van der Waals surface area contributed by atoms with Crippen LogP contribution in [0.25, 0.3) is 32.7 Å². The Morgan fingerprint density at radius 2 is 0.860 bits per heavy atom. The zero-order valence-corrected chi connectivity index (χ0v) is 39.4. The van der Waals surface area contributed by atoms with Gasteiger partial charge < -0.3 is 34.1 Å². The second-order valence-electron chi connectivity index (χ2n) is 10.9. The van der Waals surface area contributed by atoms with E-state index in [4.69, 9.17) is 0 Å². The molecule has 0 unspecified atom stereocenters. The fraction of sp³-hybridized carbons (Fsp3) is 0. The molecule has 0 fully saturated rings. The molecule has 0 spiro atoms. The summed E-state index contributed by atoms with van der Waals surface area (Å²) in [7, 11) is -15.2. The number of azo groups is 2. The molecule has 6 aromatic rings. The molecule has 0 atom stereocenters. The predicted octanol–water partition coefficient (Wildman–Crippen LogP) is -5.50. The van der Waals surface area contributed by atoms with Gasteiger partial charge >= 0.3 is 123 Å². The summed E-state index contributed by atoms with van der Waals surface area (Å²) in [5.41, 5.74) is -1.02. The summed E-state index contributed by atoms with van der Waals surface area (Å²) in [5.74, 6) is -3.41. The quantitative estimate of drug-likeness (QED) is 0.0782. The third kappa shape index (κ3) is 11.9. The van der Waals surface area contributed by atoms with Crippen LogP contribution in [-0.4, -0.2) is 38.9 Å². The van der Waals surface area contributed by atoms with Crippen molar-refractivity contribution >= 4 is 74.6 Å². The van der Waals surface area contributed by atoms with Crippen LogP contribution in [-0.2, 0) is 64.5 Å². The molecule has 0 aliphatic heterocycles. The average Bonchev–Trinajstić information content (AvgIpc) is 3.06. The number of nitrogens with zero attached hydrogens (tertiary/aromatic N) is 4. The zero-order valence-electron chi connectivity index (χ0n) is 29.1. The van der Waals surface area contributed by atoms with Crippen molar-refractivity contribution in [3.63, 3.8) is 0 Å². The summed E-state index contributed by atoms with van der Waals surface area (Å²) in [4.78, 5) is -2.58. The number of hydrogen-bond acceptors (Lipinski definition) is 17. The first-order valence-electron chi connectivity index (χ1n) is 14.2. The Labute approximate surface area is 411 Å². The van der Waals surface area contributed by atoms with Gasteiger partial charge in [0.2, 0.25) is 0 Å². The van der Waals surface area contributed by atoms with Crippen LogP contribution in [0.15, 0.2) is 126 Å². The molecule has 0 aromatic heterocycles. The van der Waals surface area contributed by atoms with Gasteiger partial charge in [0.15, 0.2) is 0 Å². The maximum absolute atomic E-state index is 12.9. The van der Waals surface area contributed by atoms with Gasteiger partial charge in [-0.15, -0.1) is 0 Å². The van der Waals surface area contributed by atoms with Crippen LogP contribution < -0.4 is 109 Å². The van der Waals surface area contributed by atoms with Gasteiger partial charge in [-0.05, 0) is 64.4 Å². The SMILES string of the molecule is O=S(=O)([O-])c1ccc2c(N=Nc3ccc(-c4ccc(N=Nc5c([O-])c(S(=O)(=O)[O-])cc6cc(S(=O)(=O)[O-])ccc56)c([O-])c4)cc3[O-])c([O-])ccc2c1.[Cu+2].[Cu+2].[Na+].[Na+].[Na+].